The van der Waals surface area contributed by atoms with E-state index in [-0.39, 0.29) is 12.3 Å². The summed E-state index contributed by atoms with van der Waals surface area (Å²) in [5, 5.41) is 8.07. The second-order valence-corrected chi connectivity index (χ2v) is 8.06. The van der Waals surface area contributed by atoms with Crippen molar-refractivity contribution >= 4 is 28.5 Å². The van der Waals surface area contributed by atoms with Crippen LogP contribution in [0.2, 0.25) is 0 Å². The molecule has 180 valence electrons. The van der Waals surface area contributed by atoms with Crippen LogP contribution < -0.4 is 20.5 Å². The maximum atomic E-state index is 12.6. The number of pyridine rings is 2. The molecule has 0 aliphatic heterocycles. The second-order valence-electron chi connectivity index (χ2n) is 8.06. The predicted molar refractivity (Wildman–Crippen MR) is 131 cm³/mol. The Labute approximate surface area is 202 Å². The summed E-state index contributed by atoms with van der Waals surface area (Å²) in [6, 6.07) is 9.84. The molecule has 0 aliphatic rings. The van der Waals surface area contributed by atoms with Crippen LogP contribution in [-0.2, 0) is 18.3 Å². The number of nitrogens with one attached hydrogen (secondary N) is 1. The average Bonchev–Trinajstić information content (AvgIpc) is 3.15. The fraction of sp³-hybridized carbons (Fsp3) is 0.240. The number of ether oxygens (including phenoxy) is 2. The van der Waals surface area contributed by atoms with Crippen molar-refractivity contribution < 1.29 is 19.1 Å². The van der Waals surface area contributed by atoms with Crippen LogP contribution in [0.4, 0.5) is 5.69 Å². The first-order chi connectivity index (χ1) is 16.8. The Morgan fingerprint density at radius 3 is 2.66 bits per heavy atom. The number of nitrogens with two attached hydrogens (primary N) is 1. The largest absolute Gasteiger partial charge is 0.479 e. The Hall–Kier alpha value is -4.47. The number of nitrogens with zero attached hydrogens (tertiary/aromatic N) is 4. The summed E-state index contributed by atoms with van der Waals surface area (Å²) in [5.74, 6) is 0.592. The normalized spacial score (nSPS) is 10.9. The molecule has 0 atom stereocenters. The quantitative estimate of drug-likeness (QED) is 0.399. The minimum Gasteiger partial charge on any atom is -0.479 e. The van der Waals surface area contributed by atoms with Crippen LogP contribution in [0.1, 0.15) is 33.6 Å². The first kappa shape index (κ1) is 23.7. The van der Waals surface area contributed by atoms with Gasteiger partial charge in [-0.15, -0.1) is 5.10 Å². The van der Waals surface area contributed by atoms with Gasteiger partial charge in [0.2, 0.25) is 23.6 Å². The molecule has 10 heteroatoms. The highest BCUT2D eigenvalue weighted by Crippen LogP contribution is 2.30. The lowest BCUT2D eigenvalue weighted by Crippen LogP contribution is -2.13. The molecule has 0 bridgehead atoms. The third-order valence-corrected chi connectivity index (χ3v) is 5.68. The number of carbonyl (C=O) groups is 2. The minimum absolute atomic E-state index is 0.147. The fourth-order valence-electron chi connectivity index (χ4n) is 3.92. The lowest BCUT2D eigenvalue weighted by Gasteiger charge is -2.11. The van der Waals surface area contributed by atoms with Crippen LogP contribution in [-0.4, -0.2) is 38.7 Å². The van der Waals surface area contributed by atoms with Crippen molar-refractivity contribution in [2.45, 2.75) is 26.7 Å². The van der Waals surface area contributed by atoms with Gasteiger partial charge in [-0.05, 0) is 55.7 Å². The molecule has 3 aromatic heterocycles. The molecule has 1 aromatic carbocycles. The molecule has 0 saturated heterocycles. The Balaban J connectivity index is 1.40. The highest BCUT2D eigenvalue weighted by molar-refractivity contribution is 5.93. The number of carbonyl (C=O) groups excluding carboxylic acids is 2. The summed E-state index contributed by atoms with van der Waals surface area (Å²) in [4.78, 5) is 32.8. The van der Waals surface area contributed by atoms with Gasteiger partial charge in [0, 0.05) is 30.8 Å². The van der Waals surface area contributed by atoms with Gasteiger partial charge in [0.15, 0.2) is 5.65 Å². The van der Waals surface area contributed by atoms with Gasteiger partial charge in [0.25, 0.3) is 0 Å². The van der Waals surface area contributed by atoms with Gasteiger partial charge >= 0.3 is 0 Å². The van der Waals surface area contributed by atoms with E-state index in [4.69, 9.17) is 15.2 Å². The van der Waals surface area contributed by atoms with Gasteiger partial charge in [0.05, 0.1) is 24.4 Å². The van der Waals surface area contributed by atoms with Crippen molar-refractivity contribution in [3.8, 4) is 17.5 Å². The van der Waals surface area contributed by atoms with E-state index >= 15 is 0 Å². The number of benzene rings is 1. The Kier molecular flexibility index (Phi) is 6.63. The topological polar surface area (TPSA) is 134 Å². The van der Waals surface area contributed by atoms with Crippen molar-refractivity contribution in [1.82, 2.24) is 19.7 Å². The highest BCUT2D eigenvalue weighted by atomic mass is 16.5. The van der Waals surface area contributed by atoms with Gasteiger partial charge in [-0.25, -0.2) is 14.6 Å². The van der Waals surface area contributed by atoms with E-state index in [9.17, 15) is 9.59 Å². The highest BCUT2D eigenvalue weighted by Gasteiger charge is 2.18. The molecule has 10 nitrogen and oxygen atoms in total. The SMILES string of the molecule is COc1nn(C)c2nc(C)c(CCC(=O)Nc3ccc(Oc4cccc(C(N)=O)c4)nc3)c(C)c12. The Bertz CT molecular complexity index is 1410. The Morgan fingerprint density at radius 2 is 1.97 bits per heavy atom. The standard InChI is InChI=1S/C25H26N6O4/c1-14-19(15(2)28-24-22(14)25(34-4)30-31(24)3)9-10-20(32)29-17-8-11-21(27-13-17)35-18-7-5-6-16(12-18)23(26)33/h5-8,11-13H,9-10H2,1-4H3,(H2,26,33)(H,29,32). The van der Waals surface area contributed by atoms with E-state index in [2.05, 4.69) is 20.4 Å². The number of primary amides is 1. The number of anilines is 1. The molecule has 35 heavy (non-hydrogen) atoms. The molecule has 3 heterocycles. The lowest BCUT2D eigenvalue weighted by atomic mass is 10.00. The first-order valence-electron chi connectivity index (χ1n) is 11.0. The van der Waals surface area contributed by atoms with Crippen LogP contribution >= 0.6 is 0 Å². The number of aryl methyl sites for hydroxylation is 3. The third kappa shape index (κ3) is 5.06. The molecule has 0 unspecified atom stereocenters. The van der Waals surface area contributed by atoms with Crippen LogP contribution in [0.15, 0.2) is 42.6 Å². The summed E-state index contributed by atoms with van der Waals surface area (Å²) in [6.07, 6.45) is 2.31. The number of hydrogen-bond donors (Lipinski definition) is 2. The van der Waals surface area contributed by atoms with E-state index in [1.807, 2.05) is 20.9 Å². The monoisotopic (exact) mass is 474 g/mol. The van der Waals surface area contributed by atoms with Gasteiger partial charge < -0.3 is 20.5 Å². The summed E-state index contributed by atoms with van der Waals surface area (Å²) in [5.41, 5.74) is 9.80. The van der Waals surface area contributed by atoms with Gasteiger partial charge in [0.1, 0.15) is 5.75 Å². The summed E-state index contributed by atoms with van der Waals surface area (Å²) >= 11 is 0. The van der Waals surface area contributed by atoms with Crippen LogP contribution in [0.25, 0.3) is 11.0 Å². The zero-order valence-corrected chi connectivity index (χ0v) is 20.0. The third-order valence-electron chi connectivity index (χ3n) is 5.68. The fourth-order valence-corrected chi connectivity index (χ4v) is 3.92. The van der Waals surface area contributed by atoms with Crippen molar-refractivity contribution in [3.05, 3.63) is 65.0 Å². The molecule has 0 aliphatic carbocycles. The van der Waals surface area contributed by atoms with Gasteiger partial charge in [-0.1, -0.05) is 6.07 Å². The van der Waals surface area contributed by atoms with Crippen LogP contribution in [0, 0.1) is 13.8 Å². The minimum atomic E-state index is -0.540. The number of methoxy groups -OCH3 is 1. The molecule has 0 saturated carbocycles. The molecule has 4 rings (SSSR count). The number of aromatic nitrogens is 4. The van der Waals surface area contributed by atoms with E-state index < -0.39 is 5.91 Å². The van der Waals surface area contributed by atoms with Gasteiger partial charge in [-0.2, -0.15) is 0 Å². The van der Waals surface area contributed by atoms with E-state index in [0.717, 1.165) is 27.9 Å². The smallest absolute Gasteiger partial charge is 0.248 e. The summed E-state index contributed by atoms with van der Waals surface area (Å²) < 4.78 is 12.8. The summed E-state index contributed by atoms with van der Waals surface area (Å²) in [6.45, 7) is 3.93. The van der Waals surface area contributed by atoms with Gasteiger partial charge in [-0.3, -0.25) is 9.59 Å². The number of hydrogen-bond acceptors (Lipinski definition) is 7. The maximum Gasteiger partial charge on any atom is 0.248 e. The molecular formula is C25H26N6O4. The van der Waals surface area contributed by atoms with Crippen LogP contribution in [0.3, 0.4) is 0 Å². The molecule has 4 aromatic rings. The van der Waals surface area contributed by atoms with Crippen LogP contribution in [0.5, 0.6) is 17.5 Å². The number of amides is 2. The van der Waals surface area contributed by atoms with E-state index in [0.29, 0.717) is 35.2 Å². The van der Waals surface area contributed by atoms with Crippen molar-refractivity contribution in [2.24, 2.45) is 12.8 Å². The van der Waals surface area contributed by atoms with Crippen molar-refractivity contribution in [3.63, 3.8) is 0 Å². The lowest BCUT2D eigenvalue weighted by molar-refractivity contribution is -0.116. The zero-order valence-electron chi connectivity index (χ0n) is 20.0. The van der Waals surface area contributed by atoms with E-state index in [1.54, 1.807) is 42.1 Å². The molecule has 2 amide bonds. The van der Waals surface area contributed by atoms with Crippen molar-refractivity contribution in [1.29, 1.82) is 0 Å². The number of fused-ring (bicyclic) bond motifs is 1. The van der Waals surface area contributed by atoms with Crippen molar-refractivity contribution in [2.75, 3.05) is 12.4 Å². The Morgan fingerprint density at radius 1 is 1.17 bits per heavy atom. The van der Waals surface area contributed by atoms with E-state index in [1.165, 1.54) is 12.3 Å². The average molecular weight is 475 g/mol. The molecule has 0 fully saturated rings. The molecule has 0 spiro atoms. The second kappa shape index (κ2) is 9.80. The first-order valence-corrected chi connectivity index (χ1v) is 11.0. The molecule has 3 N–H and O–H groups in total. The summed E-state index contributed by atoms with van der Waals surface area (Å²) in [7, 11) is 3.41. The maximum absolute atomic E-state index is 12.6. The zero-order chi connectivity index (χ0) is 25.1. The molecular weight excluding hydrogens is 448 g/mol. The predicted octanol–water partition coefficient (Wildman–Crippen LogP) is 3.45. The number of rotatable bonds is 8. The molecule has 0 radical (unpaired) electrons.